The van der Waals surface area contributed by atoms with Gasteiger partial charge in [-0.25, -0.2) is 10.1 Å². The van der Waals surface area contributed by atoms with Crippen molar-refractivity contribution >= 4 is 29.7 Å². The van der Waals surface area contributed by atoms with E-state index in [1.165, 1.54) is 36.9 Å². The highest BCUT2D eigenvalue weighted by Crippen LogP contribution is 2.29. The van der Waals surface area contributed by atoms with Gasteiger partial charge in [-0.3, -0.25) is 4.79 Å². The maximum Gasteiger partial charge on any atom is 0.293 e. The van der Waals surface area contributed by atoms with Gasteiger partial charge in [0.1, 0.15) is 0 Å². The van der Waals surface area contributed by atoms with Crippen molar-refractivity contribution in [2.75, 3.05) is 20.0 Å². The number of aromatic nitrogens is 5. The summed E-state index contributed by atoms with van der Waals surface area (Å²) < 4.78 is 16.6. The average molecular weight is 481 g/mol. The molecule has 0 atom stereocenters. The van der Waals surface area contributed by atoms with Crippen molar-refractivity contribution in [2.45, 2.75) is 10.6 Å². The molecule has 0 saturated carbocycles. The van der Waals surface area contributed by atoms with Gasteiger partial charge in [0.05, 0.1) is 26.1 Å². The molecule has 3 N–H and O–H groups in total. The number of nitrogens with one attached hydrogen (secondary N) is 1. The number of rotatable bonds is 9. The van der Waals surface area contributed by atoms with E-state index in [1.807, 2.05) is 30.3 Å². The Balaban J connectivity index is 1.58. The molecule has 0 aliphatic heterocycles. The zero-order valence-electron chi connectivity index (χ0n) is 18.2. The summed E-state index contributed by atoms with van der Waals surface area (Å²) in [5, 5.41) is 19.4. The second-order valence-electron chi connectivity index (χ2n) is 6.65. The first kappa shape index (κ1) is 22.8. The smallest absolute Gasteiger partial charge is 0.293 e. The Morgan fingerprint density at radius 3 is 2.71 bits per heavy atom. The fraction of sp³-hybridized carbons (Fsp3) is 0.143. The van der Waals surface area contributed by atoms with Gasteiger partial charge in [0.15, 0.2) is 17.2 Å². The Morgan fingerprint density at radius 2 is 2.00 bits per heavy atom. The Kier molecular flexibility index (Phi) is 7.03. The van der Waals surface area contributed by atoms with E-state index in [4.69, 9.17) is 15.2 Å². The summed E-state index contributed by atoms with van der Waals surface area (Å²) in [5.74, 6) is 0.968. The number of hydrogen-bond donors (Lipinski definition) is 2. The molecule has 0 aliphatic carbocycles. The third-order valence-electron chi connectivity index (χ3n) is 4.60. The quantitative estimate of drug-likeness (QED) is 0.207. The Labute approximate surface area is 198 Å². The van der Waals surface area contributed by atoms with E-state index in [9.17, 15) is 4.79 Å². The molecule has 0 radical (unpaired) electrons. The maximum absolute atomic E-state index is 12.9. The second-order valence-corrected chi connectivity index (χ2v) is 7.70. The molecule has 2 heterocycles. The van der Waals surface area contributed by atoms with Gasteiger partial charge in [-0.05, 0) is 34.6 Å². The molecule has 0 unspecified atom stereocenters. The van der Waals surface area contributed by atoms with Crippen molar-refractivity contribution < 1.29 is 18.9 Å². The summed E-state index contributed by atoms with van der Waals surface area (Å²) in [5.41, 5.74) is 9.41. The van der Waals surface area contributed by atoms with Crippen molar-refractivity contribution in [3.05, 3.63) is 65.5 Å². The third-order valence-corrected chi connectivity index (χ3v) is 5.62. The number of anilines is 1. The van der Waals surface area contributed by atoms with Crippen LogP contribution in [0.15, 0.2) is 63.2 Å². The Bertz CT molecular complexity index is 1310. The number of nitrogens with two attached hydrogens (primary N) is 1. The molecule has 0 fully saturated rings. The molecule has 0 aliphatic rings. The van der Waals surface area contributed by atoms with Crippen LogP contribution < -0.4 is 20.6 Å². The average Bonchev–Trinajstić information content (AvgIpc) is 3.48. The Morgan fingerprint density at radius 1 is 1.18 bits per heavy atom. The third kappa shape index (κ3) is 4.83. The molecule has 0 spiro atoms. The first-order valence-electron chi connectivity index (χ1n) is 9.87. The van der Waals surface area contributed by atoms with Crippen LogP contribution >= 0.6 is 11.8 Å². The van der Waals surface area contributed by atoms with Crippen molar-refractivity contribution in [3.63, 3.8) is 0 Å². The normalized spacial score (nSPS) is 11.0. The molecule has 34 heavy (non-hydrogen) atoms. The lowest BCUT2D eigenvalue weighted by Gasteiger charge is -2.09. The van der Waals surface area contributed by atoms with Gasteiger partial charge < -0.3 is 15.2 Å². The predicted molar refractivity (Wildman–Crippen MR) is 124 cm³/mol. The van der Waals surface area contributed by atoms with E-state index < -0.39 is 5.91 Å². The van der Waals surface area contributed by atoms with Crippen molar-refractivity contribution in [3.8, 4) is 17.3 Å². The van der Waals surface area contributed by atoms with Gasteiger partial charge in [-0.15, -0.1) is 16.9 Å². The molecule has 4 rings (SSSR count). The van der Waals surface area contributed by atoms with E-state index in [1.54, 1.807) is 18.2 Å². The van der Waals surface area contributed by atoms with Crippen LogP contribution in [-0.4, -0.2) is 51.6 Å². The lowest BCUT2D eigenvalue weighted by Crippen LogP contribution is -2.20. The number of nitrogen functional groups attached to an aromatic ring is 1. The second kappa shape index (κ2) is 10.5. The lowest BCUT2D eigenvalue weighted by molar-refractivity contribution is 0.0949. The van der Waals surface area contributed by atoms with Crippen LogP contribution in [0.1, 0.15) is 21.7 Å². The highest BCUT2D eigenvalue weighted by Gasteiger charge is 2.24. The molecule has 174 valence electrons. The molecule has 0 saturated heterocycles. The van der Waals surface area contributed by atoms with Gasteiger partial charge in [-0.1, -0.05) is 29.5 Å². The molecule has 2 aromatic heterocycles. The van der Waals surface area contributed by atoms with E-state index in [0.717, 1.165) is 4.90 Å². The number of ether oxygens (including phenoxy) is 2. The van der Waals surface area contributed by atoms with E-state index in [0.29, 0.717) is 28.5 Å². The molecule has 0 bridgehead atoms. The molecular weight excluding hydrogens is 460 g/mol. The van der Waals surface area contributed by atoms with Crippen LogP contribution in [0.3, 0.4) is 0 Å². The van der Waals surface area contributed by atoms with E-state index in [-0.39, 0.29) is 17.3 Å². The number of thioether (sulfide) groups is 1. The number of carbonyl (C=O) groups is 1. The summed E-state index contributed by atoms with van der Waals surface area (Å²) in [6, 6.07) is 15.0. The van der Waals surface area contributed by atoms with Crippen LogP contribution in [0, 0.1) is 0 Å². The van der Waals surface area contributed by atoms with Crippen molar-refractivity contribution in [2.24, 2.45) is 5.10 Å². The largest absolute Gasteiger partial charge is 0.493 e. The molecule has 2 aromatic carbocycles. The van der Waals surface area contributed by atoms with Crippen LogP contribution in [0.4, 0.5) is 5.82 Å². The van der Waals surface area contributed by atoms with Gasteiger partial charge in [0.2, 0.25) is 11.6 Å². The molecule has 13 heteroatoms. The van der Waals surface area contributed by atoms with Gasteiger partial charge in [0.25, 0.3) is 5.91 Å². The van der Waals surface area contributed by atoms with Crippen LogP contribution in [0.25, 0.3) is 5.82 Å². The van der Waals surface area contributed by atoms with Gasteiger partial charge in [0, 0.05) is 16.2 Å². The number of hydrogen-bond acceptors (Lipinski definition) is 11. The summed E-state index contributed by atoms with van der Waals surface area (Å²) in [7, 11) is 3.06. The van der Waals surface area contributed by atoms with Crippen molar-refractivity contribution in [1.82, 2.24) is 30.7 Å². The minimum absolute atomic E-state index is 0.0194. The lowest BCUT2D eigenvalue weighted by atomic mass is 10.2. The number of para-hydroxylation sites is 1. The predicted octanol–water partition coefficient (Wildman–Crippen LogP) is 2.31. The fourth-order valence-electron chi connectivity index (χ4n) is 3.01. The summed E-state index contributed by atoms with van der Waals surface area (Å²) in [6.07, 6.45) is 1.45. The number of methoxy groups -OCH3 is 2. The fourth-order valence-corrected chi connectivity index (χ4v) is 3.92. The SMILES string of the molecule is COc1cccc(C=NNC(=O)c2nnn(-c3nonc3N)c2CSc2ccccc2)c1OC. The topological polar surface area (TPSA) is 156 Å². The number of carbonyl (C=O) groups excluding carboxylic acids is 1. The first-order valence-corrected chi connectivity index (χ1v) is 10.9. The zero-order valence-corrected chi connectivity index (χ0v) is 19.0. The molecule has 4 aromatic rings. The van der Waals surface area contributed by atoms with E-state index >= 15 is 0 Å². The molecule has 1 amide bonds. The van der Waals surface area contributed by atoms with Gasteiger partial charge in [-0.2, -0.15) is 9.78 Å². The summed E-state index contributed by atoms with van der Waals surface area (Å²) in [6.45, 7) is 0. The number of amides is 1. The first-order chi connectivity index (χ1) is 16.6. The zero-order chi connectivity index (χ0) is 23.9. The minimum Gasteiger partial charge on any atom is -0.493 e. The van der Waals surface area contributed by atoms with Crippen LogP contribution in [0.2, 0.25) is 0 Å². The molecule has 12 nitrogen and oxygen atoms in total. The summed E-state index contributed by atoms with van der Waals surface area (Å²) >= 11 is 1.49. The number of nitrogens with zero attached hydrogens (tertiary/aromatic N) is 6. The van der Waals surface area contributed by atoms with Crippen molar-refractivity contribution in [1.29, 1.82) is 0 Å². The highest BCUT2D eigenvalue weighted by atomic mass is 32.2. The highest BCUT2D eigenvalue weighted by molar-refractivity contribution is 7.98. The molecular formula is C21H20N8O4S. The van der Waals surface area contributed by atoms with Gasteiger partial charge >= 0.3 is 0 Å². The van der Waals surface area contributed by atoms with Crippen LogP contribution in [0.5, 0.6) is 11.5 Å². The number of hydrazone groups is 1. The monoisotopic (exact) mass is 480 g/mol. The number of benzene rings is 2. The summed E-state index contributed by atoms with van der Waals surface area (Å²) in [4.78, 5) is 13.9. The van der Waals surface area contributed by atoms with E-state index in [2.05, 4.69) is 35.8 Å². The maximum atomic E-state index is 12.9. The minimum atomic E-state index is -0.567. The van der Waals surface area contributed by atoms with Crippen LogP contribution in [-0.2, 0) is 5.75 Å². The Hall–Kier alpha value is -4.39. The standard InChI is InChI=1S/C21H20N8O4S/c1-31-16-10-6-7-13(18(16)32-2)11-23-25-21(30)17-15(12-34-14-8-4-3-5-9-14)29(28-24-17)20-19(22)26-33-27-20/h3-11H,12H2,1-2H3,(H2,22,26)(H,25,30).